The first kappa shape index (κ1) is 45.8. The maximum Gasteiger partial charge on any atom is 0.0159 e. The highest BCUT2D eigenvalue weighted by molar-refractivity contribution is 5.88. The molecule has 0 heterocycles. The number of aryl methyl sites for hydroxylation is 2. The van der Waals surface area contributed by atoms with Crippen molar-refractivity contribution in [3.05, 3.63) is 214 Å². The second-order valence-electron chi connectivity index (χ2n) is 18.5. The van der Waals surface area contributed by atoms with Gasteiger partial charge in [-0.1, -0.05) is 212 Å². The zero-order valence-corrected chi connectivity index (χ0v) is 39.6. The summed E-state index contributed by atoms with van der Waals surface area (Å²) in [7, 11) is 0. The molecule has 0 N–H and O–H groups in total. The van der Waals surface area contributed by atoms with Crippen LogP contribution in [0.25, 0.3) is 44.5 Å². The molecule has 0 saturated carbocycles. The van der Waals surface area contributed by atoms with Gasteiger partial charge in [0.2, 0.25) is 0 Å². The molecule has 3 aliphatic rings. The summed E-state index contributed by atoms with van der Waals surface area (Å²) in [5.41, 5.74) is 26.0. The summed E-state index contributed by atoms with van der Waals surface area (Å²) in [4.78, 5) is 0. The van der Waals surface area contributed by atoms with E-state index in [1.807, 2.05) is 12.2 Å². The lowest BCUT2D eigenvalue weighted by Gasteiger charge is -2.23. The molecule has 0 aliphatic heterocycles. The van der Waals surface area contributed by atoms with Crippen LogP contribution in [0, 0.1) is 13.8 Å². The van der Waals surface area contributed by atoms with Gasteiger partial charge < -0.3 is 0 Å². The third kappa shape index (κ3) is 9.22. The first-order valence-corrected chi connectivity index (χ1v) is 23.0. The molecule has 3 aliphatic carbocycles. The Balaban J connectivity index is 0.000000189. The summed E-state index contributed by atoms with van der Waals surface area (Å²) < 4.78 is 0. The smallest absolute Gasteiger partial charge is 0.0159 e. The van der Waals surface area contributed by atoms with Crippen LogP contribution in [0.1, 0.15) is 138 Å². The highest BCUT2D eigenvalue weighted by Crippen LogP contribution is 2.51. The summed E-state index contributed by atoms with van der Waals surface area (Å²) in [5, 5.41) is 0. The molecule has 0 bridgehead atoms. The maximum atomic E-state index is 3.90. The van der Waals surface area contributed by atoms with E-state index in [1.165, 1.54) is 113 Å². The van der Waals surface area contributed by atoms with E-state index in [4.69, 9.17) is 0 Å². The largest absolute Gasteiger partial charge is 0.0991 e. The zero-order chi connectivity index (χ0) is 44.8. The van der Waals surface area contributed by atoms with Gasteiger partial charge in [0.05, 0.1) is 0 Å². The molecule has 0 aromatic heterocycles. The molecule has 0 amide bonds. The molecule has 5 aromatic rings. The predicted octanol–water partition coefficient (Wildman–Crippen LogP) is 18.0. The molecule has 0 atom stereocenters. The second-order valence-corrected chi connectivity index (χ2v) is 18.5. The van der Waals surface area contributed by atoms with Crippen molar-refractivity contribution >= 4 is 11.1 Å². The molecule has 0 radical (unpaired) electrons. The van der Waals surface area contributed by atoms with Crippen molar-refractivity contribution in [3.8, 4) is 33.4 Å². The van der Waals surface area contributed by atoms with Crippen LogP contribution < -0.4 is 0 Å². The lowest BCUT2D eigenvalue weighted by atomic mass is 9.80. The molecule has 0 fully saturated rings. The molecule has 8 rings (SSSR count). The SMILES string of the molecule is C=C/C=C(C)\C(=C/C)c1cccc(-c2ccc3c(c2)C(C)(C)c2cc(C)ccc2-3)c1CCC.C=CC(=C)CCC.Cc1ccc2c(c1)C(C)(C)c1cc(C3=CCCC=C3)ccc1-2. The molecule has 0 unspecified atom stereocenters. The van der Waals surface area contributed by atoms with Crippen LogP contribution in [0.3, 0.4) is 0 Å². The van der Waals surface area contributed by atoms with E-state index >= 15 is 0 Å². The van der Waals surface area contributed by atoms with Crippen molar-refractivity contribution in [2.75, 3.05) is 0 Å². The highest BCUT2D eigenvalue weighted by atomic mass is 14.4. The van der Waals surface area contributed by atoms with Gasteiger partial charge in [-0.2, -0.15) is 0 Å². The Bertz CT molecular complexity index is 2620. The molecule has 318 valence electrons. The van der Waals surface area contributed by atoms with E-state index in [1.54, 1.807) is 0 Å². The van der Waals surface area contributed by atoms with Crippen LogP contribution in [-0.4, -0.2) is 0 Å². The highest BCUT2D eigenvalue weighted by Gasteiger charge is 2.37. The van der Waals surface area contributed by atoms with E-state index in [9.17, 15) is 0 Å². The van der Waals surface area contributed by atoms with Crippen molar-refractivity contribution < 1.29 is 0 Å². The molecule has 62 heavy (non-hydrogen) atoms. The van der Waals surface area contributed by atoms with Crippen molar-refractivity contribution in [1.82, 2.24) is 0 Å². The van der Waals surface area contributed by atoms with Gasteiger partial charge in [0.15, 0.2) is 0 Å². The first-order chi connectivity index (χ1) is 29.7. The van der Waals surface area contributed by atoms with Crippen LogP contribution in [-0.2, 0) is 17.3 Å². The van der Waals surface area contributed by atoms with Crippen LogP contribution in [0.4, 0.5) is 0 Å². The fourth-order valence-corrected chi connectivity index (χ4v) is 9.79. The normalized spacial score (nSPS) is 15.1. The van der Waals surface area contributed by atoms with E-state index in [2.05, 4.69) is 210 Å². The van der Waals surface area contributed by atoms with Crippen LogP contribution in [0.2, 0.25) is 0 Å². The van der Waals surface area contributed by atoms with E-state index in [0.717, 1.165) is 31.3 Å². The lowest BCUT2D eigenvalue weighted by molar-refractivity contribution is 0.659. The topological polar surface area (TPSA) is 0 Å². The monoisotopic (exact) mass is 815 g/mol. The summed E-state index contributed by atoms with van der Waals surface area (Å²) in [6.07, 6.45) is 21.7. The minimum absolute atomic E-state index is 0.00694. The summed E-state index contributed by atoms with van der Waals surface area (Å²) in [5.74, 6) is 0. The van der Waals surface area contributed by atoms with Gasteiger partial charge in [-0.25, -0.2) is 0 Å². The second kappa shape index (κ2) is 19.5. The van der Waals surface area contributed by atoms with Gasteiger partial charge >= 0.3 is 0 Å². The Kier molecular flexibility index (Phi) is 14.4. The summed E-state index contributed by atoms with van der Waals surface area (Å²) in [6.45, 7) is 33.8. The molecule has 0 saturated heterocycles. The van der Waals surface area contributed by atoms with Crippen LogP contribution in [0.15, 0.2) is 164 Å². The Morgan fingerprint density at radius 1 is 0.661 bits per heavy atom. The molecular formula is C62H70. The fraction of sp³-hybridized carbons (Fsp3) is 0.290. The number of fused-ring (bicyclic) bond motifs is 6. The molecule has 5 aromatic carbocycles. The quantitative estimate of drug-likeness (QED) is 0.123. The maximum absolute atomic E-state index is 3.90. The molecule has 0 nitrogen and oxygen atoms in total. The summed E-state index contributed by atoms with van der Waals surface area (Å²) in [6, 6.07) is 34.7. The van der Waals surface area contributed by atoms with Gasteiger partial charge in [0.1, 0.15) is 0 Å². The number of hydrogen-bond donors (Lipinski definition) is 0. The van der Waals surface area contributed by atoms with E-state index < -0.39 is 0 Å². The van der Waals surface area contributed by atoms with Gasteiger partial charge in [0, 0.05) is 10.8 Å². The van der Waals surface area contributed by atoms with Crippen molar-refractivity contribution in [3.63, 3.8) is 0 Å². The Hall–Kier alpha value is -5.72. The first-order valence-electron chi connectivity index (χ1n) is 23.0. The zero-order valence-electron chi connectivity index (χ0n) is 39.6. The van der Waals surface area contributed by atoms with E-state index in [-0.39, 0.29) is 10.8 Å². The minimum Gasteiger partial charge on any atom is -0.0991 e. The Labute approximate surface area is 376 Å². The van der Waals surface area contributed by atoms with E-state index in [0.29, 0.717) is 0 Å². The third-order valence-electron chi connectivity index (χ3n) is 13.2. The molecule has 0 heteroatoms. The Morgan fingerprint density at radius 3 is 1.69 bits per heavy atom. The van der Waals surface area contributed by atoms with Gasteiger partial charge in [-0.15, -0.1) is 0 Å². The fourth-order valence-electron chi connectivity index (χ4n) is 9.79. The number of rotatable bonds is 10. The molecular weight excluding hydrogens is 745 g/mol. The number of hydrogen-bond acceptors (Lipinski definition) is 0. The van der Waals surface area contributed by atoms with Gasteiger partial charge in [-0.3, -0.25) is 0 Å². The van der Waals surface area contributed by atoms with Crippen LogP contribution >= 0.6 is 0 Å². The average molecular weight is 815 g/mol. The van der Waals surface area contributed by atoms with Gasteiger partial charge in [-0.05, 0) is 155 Å². The van der Waals surface area contributed by atoms with Gasteiger partial charge in [0.25, 0.3) is 0 Å². The standard InChI is InChI=1S/C33H36.C22H22.C7H12/c1-8-12-23(5)25(10-3)28-15-11-14-26(27(28)13-9-2)24-17-19-30-29-18-16-22(4)20-31(29)33(6,7)32(30)21-24;1-15-9-11-18-19-12-10-17(16-7-5-4-6-8-16)14-21(19)22(2,3)20(18)13-15;1-4-6-7(3)5-2/h8,10-12,14-21H,1,9,13H2,2-7H3;5,7-14H,4,6H2,1-3H3;5H,2-4,6H2,1H3/b23-12-,25-10+;;. The Morgan fingerprint density at radius 2 is 1.21 bits per heavy atom. The van der Waals surface area contributed by atoms with Crippen LogP contribution in [0.5, 0.6) is 0 Å². The van der Waals surface area contributed by atoms with Crippen molar-refractivity contribution in [2.24, 2.45) is 0 Å². The molecule has 0 spiro atoms. The predicted molar refractivity (Wildman–Crippen MR) is 275 cm³/mol. The average Bonchev–Trinajstić information content (AvgIpc) is 3.63. The van der Waals surface area contributed by atoms with Crippen molar-refractivity contribution in [2.45, 2.75) is 119 Å². The minimum atomic E-state index is 0.00694. The summed E-state index contributed by atoms with van der Waals surface area (Å²) >= 11 is 0. The number of benzene rings is 5. The lowest BCUT2D eigenvalue weighted by Crippen LogP contribution is -2.15. The number of allylic oxidation sites excluding steroid dienone is 11. The van der Waals surface area contributed by atoms with Crippen molar-refractivity contribution in [1.29, 1.82) is 0 Å². The third-order valence-corrected chi connectivity index (χ3v) is 13.2.